The first-order valence-electron chi connectivity index (χ1n) is 20.2. The van der Waals surface area contributed by atoms with E-state index < -0.39 is 35.6 Å². The molecule has 5 aliphatic rings. The third kappa shape index (κ3) is 9.85. The summed E-state index contributed by atoms with van der Waals surface area (Å²) in [6, 6.07) is 7.22. The molecule has 300 valence electrons. The van der Waals surface area contributed by atoms with Crippen LogP contribution in [0.3, 0.4) is 0 Å². The molecule has 5 fully saturated rings. The summed E-state index contributed by atoms with van der Waals surface area (Å²) in [6.07, 6.45) is 9.03. The van der Waals surface area contributed by atoms with Crippen molar-refractivity contribution in [2.75, 3.05) is 18.8 Å². The fraction of sp³-hybridized carbons (Fsp3) is 0.698. The van der Waals surface area contributed by atoms with E-state index in [-0.39, 0.29) is 56.5 Å². The van der Waals surface area contributed by atoms with Gasteiger partial charge in [-0.3, -0.25) is 19.7 Å². The van der Waals surface area contributed by atoms with Crippen molar-refractivity contribution in [2.45, 2.75) is 153 Å². The third-order valence-corrected chi connectivity index (χ3v) is 15.2. The molecular formula is C43H67N5O5S. The van der Waals surface area contributed by atoms with E-state index in [4.69, 9.17) is 0 Å². The highest BCUT2D eigenvalue weighted by Crippen LogP contribution is 2.55. The number of carbonyl (C=O) groups is 4. The Morgan fingerprint density at radius 3 is 2.20 bits per heavy atom. The summed E-state index contributed by atoms with van der Waals surface area (Å²) in [5, 5.41) is 25.3. The van der Waals surface area contributed by atoms with E-state index in [1.54, 1.807) is 11.0 Å². The minimum absolute atomic E-state index is 0.0254. The zero-order chi connectivity index (χ0) is 39.5. The summed E-state index contributed by atoms with van der Waals surface area (Å²) < 4.78 is 0.0726. The molecule has 1 aromatic rings. The Hall–Kier alpha value is -3.02. The number of nitrogens with zero attached hydrogens (tertiary/aromatic N) is 1. The maximum atomic E-state index is 15.1. The molecule has 2 heterocycles. The van der Waals surface area contributed by atoms with Crippen molar-refractivity contribution in [3.05, 3.63) is 48.6 Å². The second-order valence-corrected chi connectivity index (χ2v) is 21.5. The van der Waals surface area contributed by atoms with Gasteiger partial charge < -0.3 is 26.0 Å². The second-order valence-electron chi connectivity index (χ2n) is 18.6. The fourth-order valence-corrected chi connectivity index (χ4v) is 11.3. The molecule has 0 spiro atoms. The molecule has 2 saturated heterocycles. The Morgan fingerprint density at radius 2 is 1.65 bits per heavy atom. The maximum Gasteiger partial charge on any atom is 0.315 e. The third-order valence-electron chi connectivity index (χ3n) is 12.2. The SMILES string of the molecule is C=CCNC(O)C(=O)C(CC1CC1)NC(=O)C1C2CC(c3ccccc3)(C2)CN1C(=O)[C@@H](NC(=O)NC1(C/S(=C/C)C(C)(C)C)CCCCC1)C(C)(C)C. The standard InChI is InChI=1S/C43H67N5O5S/c1-9-23-44-37(51)34(49)32(24-29-19-20-29)45-36(50)33-30-25-42(26-30,31-17-13-11-14-18-31)27-48(33)38(52)35(40(3,4)5)46-39(53)47-43(21-15-12-16-22-43)28-54(10-2)41(6,7)8/h9-11,13-14,17-18,29-30,32-33,35,37,44,51H,1,12,15-16,19-28H2,2-8H3,(H,45,50)(H2,46,47,53)/t30?,32?,33?,35-,37?,42?,54?/m1/s1. The first-order chi connectivity index (χ1) is 25.4. The number of benzene rings is 1. The Balaban J connectivity index is 1.42. The van der Waals surface area contributed by atoms with Crippen LogP contribution in [0.1, 0.15) is 118 Å². The van der Waals surface area contributed by atoms with Gasteiger partial charge in [-0.15, -0.1) is 6.58 Å². The maximum absolute atomic E-state index is 15.1. The average molecular weight is 766 g/mol. The van der Waals surface area contributed by atoms with Gasteiger partial charge in [0.1, 0.15) is 12.1 Å². The van der Waals surface area contributed by atoms with E-state index in [9.17, 15) is 19.5 Å². The topological polar surface area (TPSA) is 140 Å². The summed E-state index contributed by atoms with van der Waals surface area (Å²) in [7, 11) is -0.0254. The quantitative estimate of drug-likeness (QED) is 0.0870. The zero-order valence-electron chi connectivity index (χ0n) is 33.8. The average Bonchev–Trinajstić information content (AvgIpc) is 3.94. The molecule has 0 aromatic heterocycles. The lowest BCUT2D eigenvalue weighted by Crippen LogP contribution is -2.72. The van der Waals surface area contributed by atoms with Crippen LogP contribution in [-0.4, -0.2) is 92.5 Å². The monoisotopic (exact) mass is 765 g/mol. The van der Waals surface area contributed by atoms with E-state index in [2.05, 4.69) is 73.0 Å². The molecule has 0 radical (unpaired) electrons. The number of hydrogen-bond donors (Lipinski definition) is 5. The lowest BCUT2D eigenvalue weighted by Gasteiger charge is -2.60. The number of urea groups is 1. The first kappa shape index (κ1) is 42.1. The van der Waals surface area contributed by atoms with Gasteiger partial charge in [0, 0.05) is 29.0 Å². The molecule has 10 nitrogen and oxygen atoms in total. The van der Waals surface area contributed by atoms with Gasteiger partial charge in [-0.1, -0.05) is 115 Å². The Morgan fingerprint density at radius 1 is 1.00 bits per heavy atom. The van der Waals surface area contributed by atoms with E-state index >= 15 is 4.79 Å². The van der Waals surface area contributed by atoms with Crippen LogP contribution in [0.25, 0.3) is 0 Å². The van der Waals surface area contributed by atoms with Crippen molar-refractivity contribution in [3.63, 3.8) is 0 Å². The van der Waals surface area contributed by atoms with Crippen LogP contribution >= 0.6 is 10.5 Å². The Labute approximate surface area is 326 Å². The molecule has 5 N–H and O–H groups in total. The minimum atomic E-state index is -1.44. The van der Waals surface area contributed by atoms with Gasteiger partial charge in [-0.05, 0) is 61.8 Å². The molecule has 3 saturated carbocycles. The molecule has 6 rings (SSSR count). The number of rotatable bonds is 15. The minimum Gasteiger partial charge on any atom is -0.371 e. The van der Waals surface area contributed by atoms with Crippen LogP contribution in [0.15, 0.2) is 43.0 Å². The van der Waals surface area contributed by atoms with Gasteiger partial charge in [0.2, 0.25) is 11.8 Å². The summed E-state index contributed by atoms with van der Waals surface area (Å²) in [4.78, 5) is 58.9. The highest BCUT2D eigenvalue weighted by atomic mass is 32.2. The Kier molecular flexibility index (Phi) is 13.3. The molecule has 4 amide bonds. The number of aliphatic hydroxyl groups excluding tert-OH is 1. The normalized spacial score (nSPS) is 26.0. The van der Waals surface area contributed by atoms with Crippen LogP contribution in [0, 0.1) is 17.3 Å². The molecule has 2 aliphatic heterocycles. The van der Waals surface area contributed by atoms with E-state index in [0.29, 0.717) is 18.9 Å². The molecule has 3 aliphatic carbocycles. The molecule has 54 heavy (non-hydrogen) atoms. The number of carbonyl (C=O) groups excluding carboxylic acids is 4. The van der Waals surface area contributed by atoms with Crippen molar-refractivity contribution in [3.8, 4) is 0 Å². The van der Waals surface area contributed by atoms with Crippen LogP contribution in [0.4, 0.5) is 4.79 Å². The van der Waals surface area contributed by atoms with Crippen molar-refractivity contribution in [2.24, 2.45) is 17.3 Å². The summed E-state index contributed by atoms with van der Waals surface area (Å²) in [5.74, 6) is -0.121. The van der Waals surface area contributed by atoms with Crippen molar-refractivity contribution < 1.29 is 24.3 Å². The van der Waals surface area contributed by atoms with Crippen LogP contribution in [0.2, 0.25) is 0 Å². The van der Waals surface area contributed by atoms with Gasteiger partial charge in [0.15, 0.2) is 12.0 Å². The molecular weight excluding hydrogens is 699 g/mol. The number of piperidine rings is 2. The van der Waals surface area contributed by atoms with Crippen LogP contribution < -0.4 is 21.3 Å². The zero-order valence-corrected chi connectivity index (χ0v) is 34.7. The summed E-state index contributed by atoms with van der Waals surface area (Å²) in [6.45, 7) is 19.0. The lowest BCUT2D eigenvalue weighted by molar-refractivity contribution is -0.160. The van der Waals surface area contributed by atoms with Crippen LogP contribution in [0.5, 0.6) is 0 Å². The number of hydrogen-bond acceptors (Lipinski definition) is 6. The first-order valence-corrected chi connectivity index (χ1v) is 21.7. The number of nitrogens with one attached hydrogen (secondary N) is 4. The molecule has 11 heteroatoms. The highest BCUT2D eigenvalue weighted by Gasteiger charge is 2.60. The second kappa shape index (κ2) is 17.0. The number of Topliss-reactive ketones (excluding diaryl/α,β-unsaturated/α-hetero) is 1. The predicted octanol–water partition coefficient (Wildman–Crippen LogP) is 5.80. The molecule has 4 unspecified atom stereocenters. The van der Waals surface area contributed by atoms with Gasteiger partial charge in [0.25, 0.3) is 0 Å². The smallest absolute Gasteiger partial charge is 0.315 e. The summed E-state index contributed by atoms with van der Waals surface area (Å²) in [5.41, 5.74) is -0.203. The largest absolute Gasteiger partial charge is 0.371 e. The number of fused-ring (bicyclic) bond motifs is 2. The van der Waals surface area contributed by atoms with Crippen molar-refractivity contribution in [1.29, 1.82) is 0 Å². The van der Waals surface area contributed by atoms with Gasteiger partial charge in [-0.25, -0.2) is 4.79 Å². The van der Waals surface area contributed by atoms with Gasteiger partial charge in [0.05, 0.1) is 11.6 Å². The van der Waals surface area contributed by atoms with Crippen LogP contribution in [-0.2, 0) is 19.8 Å². The summed E-state index contributed by atoms with van der Waals surface area (Å²) >= 11 is 0. The molecule has 1 aromatic carbocycles. The predicted molar refractivity (Wildman–Crippen MR) is 220 cm³/mol. The van der Waals surface area contributed by atoms with Crippen molar-refractivity contribution >= 4 is 39.5 Å². The van der Waals surface area contributed by atoms with E-state index in [0.717, 1.165) is 69.1 Å². The van der Waals surface area contributed by atoms with Gasteiger partial charge in [-0.2, -0.15) is 10.5 Å². The fourth-order valence-electron chi connectivity index (χ4n) is 9.05. The Bertz CT molecular complexity index is 1550. The highest BCUT2D eigenvalue weighted by molar-refractivity contribution is 8.16. The van der Waals surface area contributed by atoms with Crippen molar-refractivity contribution in [1.82, 2.24) is 26.2 Å². The van der Waals surface area contributed by atoms with E-state index in [1.165, 1.54) is 0 Å². The van der Waals surface area contributed by atoms with E-state index in [1.807, 2.05) is 39.0 Å². The lowest BCUT2D eigenvalue weighted by atomic mass is 9.53. The number of aliphatic hydroxyl groups is 1. The number of amides is 4. The molecule has 2 bridgehead atoms. The number of ketones is 1. The molecule has 5 atom stereocenters. The van der Waals surface area contributed by atoms with Gasteiger partial charge >= 0.3 is 6.03 Å².